The topological polar surface area (TPSA) is 42.1 Å². The van der Waals surface area contributed by atoms with Crippen LogP contribution >= 0.6 is 0 Å². The summed E-state index contributed by atoms with van der Waals surface area (Å²) in [6, 6.07) is 4.51. The highest BCUT2D eigenvalue weighted by Crippen LogP contribution is 2.11. The molecule has 0 spiro atoms. The first-order valence-corrected chi connectivity index (χ1v) is 5.21. The Kier molecular flexibility index (Phi) is 3.11. The lowest BCUT2D eigenvalue weighted by Gasteiger charge is -2.30. The minimum absolute atomic E-state index is 0.366. The minimum atomic E-state index is 0.366. The van der Waals surface area contributed by atoms with Gasteiger partial charge in [-0.3, -0.25) is 9.88 Å². The number of piperidine rings is 1. The van der Waals surface area contributed by atoms with E-state index < -0.39 is 0 Å². The lowest BCUT2D eigenvalue weighted by Crippen LogP contribution is -2.42. The Bertz CT molecular complexity index is 273. The quantitative estimate of drug-likeness (QED) is 0.758. The van der Waals surface area contributed by atoms with Gasteiger partial charge in [0.05, 0.1) is 0 Å². The van der Waals surface area contributed by atoms with Crippen LogP contribution in [-0.4, -0.2) is 29.0 Å². The van der Waals surface area contributed by atoms with Gasteiger partial charge in [-0.15, -0.1) is 0 Å². The van der Waals surface area contributed by atoms with Crippen molar-refractivity contribution in [3.05, 3.63) is 30.1 Å². The normalized spacial score (nSPS) is 23.6. The molecule has 0 aromatic carbocycles. The van der Waals surface area contributed by atoms with Gasteiger partial charge in [-0.2, -0.15) is 0 Å². The summed E-state index contributed by atoms with van der Waals surface area (Å²) in [6.07, 6.45) is 6.09. The van der Waals surface area contributed by atoms with Gasteiger partial charge in [-0.25, -0.2) is 0 Å². The second-order valence-electron chi connectivity index (χ2n) is 3.99. The van der Waals surface area contributed by atoms with Gasteiger partial charge < -0.3 is 5.73 Å². The molecule has 3 nitrogen and oxygen atoms in total. The summed E-state index contributed by atoms with van der Waals surface area (Å²) in [4.78, 5) is 6.43. The molecule has 0 amide bonds. The van der Waals surface area contributed by atoms with Crippen molar-refractivity contribution in [3.63, 3.8) is 0 Å². The zero-order chi connectivity index (χ0) is 9.80. The molecule has 1 aliphatic heterocycles. The molecule has 1 atom stereocenters. The van der Waals surface area contributed by atoms with E-state index in [1.807, 2.05) is 12.4 Å². The van der Waals surface area contributed by atoms with Crippen LogP contribution in [0.15, 0.2) is 24.5 Å². The Morgan fingerprint density at radius 3 is 2.93 bits per heavy atom. The Morgan fingerprint density at radius 1 is 1.43 bits per heavy atom. The lowest BCUT2D eigenvalue weighted by atomic mass is 10.1. The first-order valence-electron chi connectivity index (χ1n) is 5.21. The summed E-state index contributed by atoms with van der Waals surface area (Å²) >= 11 is 0. The lowest BCUT2D eigenvalue weighted by molar-refractivity contribution is 0.201. The van der Waals surface area contributed by atoms with Crippen molar-refractivity contribution < 1.29 is 0 Å². The molecule has 0 bridgehead atoms. The molecular formula is C11H17N3. The number of nitrogens with two attached hydrogens (primary N) is 1. The molecule has 2 heterocycles. The molecule has 1 saturated heterocycles. The van der Waals surface area contributed by atoms with Gasteiger partial charge in [-0.1, -0.05) is 0 Å². The van der Waals surface area contributed by atoms with Crippen LogP contribution in [0.25, 0.3) is 0 Å². The van der Waals surface area contributed by atoms with Crippen LogP contribution < -0.4 is 5.73 Å². The summed E-state index contributed by atoms with van der Waals surface area (Å²) in [5.41, 5.74) is 7.25. The molecule has 1 aromatic rings. The van der Waals surface area contributed by atoms with E-state index in [-0.39, 0.29) is 0 Å². The van der Waals surface area contributed by atoms with Crippen molar-refractivity contribution in [1.29, 1.82) is 0 Å². The SMILES string of the molecule is NC1CCCN(Cc2ccncc2)C1. The molecule has 0 radical (unpaired) electrons. The predicted molar refractivity (Wildman–Crippen MR) is 56.7 cm³/mol. The Labute approximate surface area is 84.9 Å². The second-order valence-corrected chi connectivity index (χ2v) is 3.99. The highest BCUT2D eigenvalue weighted by Gasteiger charge is 2.16. The van der Waals surface area contributed by atoms with Crippen molar-refractivity contribution in [3.8, 4) is 0 Å². The fourth-order valence-electron chi connectivity index (χ4n) is 1.98. The summed E-state index contributed by atoms with van der Waals surface area (Å²) in [7, 11) is 0. The van der Waals surface area contributed by atoms with Crippen molar-refractivity contribution >= 4 is 0 Å². The first-order chi connectivity index (χ1) is 6.84. The fraction of sp³-hybridized carbons (Fsp3) is 0.545. The third-order valence-electron chi connectivity index (χ3n) is 2.70. The maximum Gasteiger partial charge on any atom is 0.0271 e. The van der Waals surface area contributed by atoms with E-state index in [1.165, 1.54) is 24.9 Å². The van der Waals surface area contributed by atoms with Gasteiger partial charge >= 0.3 is 0 Å². The number of aromatic nitrogens is 1. The molecule has 1 fully saturated rings. The zero-order valence-corrected chi connectivity index (χ0v) is 8.39. The van der Waals surface area contributed by atoms with Gasteiger partial charge in [0.2, 0.25) is 0 Å². The van der Waals surface area contributed by atoms with Crippen molar-refractivity contribution in [1.82, 2.24) is 9.88 Å². The largest absolute Gasteiger partial charge is 0.327 e. The maximum atomic E-state index is 5.92. The predicted octanol–water partition coefficient (Wildman–Crippen LogP) is 1.00. The van der Waals surface area contributed by atoms with E-state index >= 15 is 0 Å². The average molecular weight is 191 g/mol. The molecule has 76 valence electrons. The van der Waals surface area contributed by atoms with Gasteiger partial charge in [0.25, 0.3) is 0 Å². The van der Waals surface area contributed by atoms with Crippen LogP contribution in [-0.2, 0) is 6.54 Å². The standard InChI is InChI=1S/C11H17N3/c12-11-2-1-7-14(9-11)8-10-3-5-13-6-4-10/h3-6,11H,1-2,7-9,12H2. The van der Waals surface area contributed by atoms with Crippen molar-refractivity contribution in [2.75, 3.05) is 13.1 Å². The van der Waals surface area contributed by atoms with E-state index in [1.54, 1.807) is 0 Å². The Morgan fingerprint density at radius 2 is 2.21 bits per heavy atom. The number of rotatable bonds is 2. The fourth-order valence-corrected chi connectivity index (χ4v) is 1.98. The zero-order valence-electron chi connectivity index (χ0n) is 8.39. The van der Waals surface area contributed by atoms with Crippen LogP contribution in [0.3, 0.4) is 0 Å². The third kappa shape index (κ3) is 2.53. The van der Waals surface area contributed by atoms with Gasteiger partial charge in [-0.05, 0) is 37.1 Å². The number of pyridine rings is 1. The molecule has 1 aliphatic rings. The number of nitrogens with zero attached hydrogens (tertiary/aromatic N) is 2. The summed E-state index contributed by atoms with van der Waals surface area (Å²) < 4.78 is 0. The molecule has 1 aromatic heterocycles. The third-order valence-corrected chi connectivity index (χ3v) is 2.70. The van der Waals surface area contributed by atoms with Crippen molar-refractivity contribution in [2.45, 2.75) is 25.4 Å². The van der Waals surface area contributed by atoms with Gasteiger partial charge in [0.1, 0.15) is 0 Å². The molecule has 14 heavy (non-hydrogen) atoms. The summed E-state index contributed by atoms with van der Waals surface area (Å²) in [5, 5.41) is 0. The van der Waals surface area contributed by atoms with E-state index in [2.05, 4.69) is 22.0 Å². The number of hydrogen-bond donors (Lipinski definition) is 1. The van der Waals surface area contributed by atoms with Crippen LogP contribution in [0.4, 0.5) is 0 Å². The number of hydrogen-bond acceptors (Lipinski definition) is 3. The maximum absolute atomic E-state index is 5.92. The number of likely N-dealkylation sites (tertiary alicyclic amines) is 1. The molecule has 1 unspecified atom stereocenters. The van der Waals surface area contributed by atoms with E-state index in [0.29, 0.717) is 6.04 Å². The van der Waals surface area contributed by atoms with E-state index in [9.17, 15) is 0 Å². The monoisotopic (exact) mass is 191 g/mol. The van der Waals surface area contributed by atoms with Crippen LogP contribution in [0.1, 0.15) is 18.4 Å². The van der Waals surface area contributed by atoms with Crippen molar-refractivity contribution in [2.24, 2.45) is 5.73 Å². The Balaban J connectivity index is 1.91. The smallest absolute Gasteiger partial charge is 0.0271 e. The highest BCUT2D eigenvalue weighted by atomic mass is 15.1. The summed E-state index contributed by atoms with van der Waals surface area (Å²) in [5.74, 6) is 0. The molecular weight excluding hydrogens is 174 g/mol. The average Bonchev–Trinajstić information content (AvgIpc) is 2.19. The second kappa shape index (κ2) is 4.53. The van der Waals surface area contributed by atoms with Gasteiger partial charge in [0, 0.05) is 31.5 Å². The molecule has 2 N–H and O–H groups in total. The molecule has 0 saturated carbocycles. The van der Waals surface area contributed by atoms with E-state index in [0.717, 1.165) is 13.1 Å². The Hall–Kier alpha value is -0.930. The van der Waals surface area contributed by atoms with Crippen LogP contribution in [0.2, 0.25) is 0 Å². The van der Waals surface area contributed by atoms with Crippen LogP contribution in [0.5, 0.6) is 0 Å². The minimum Gasteiger partial charge on any atom is -0.327 e. The molecule has 2 rings (SSSR count). The molecule has 3 heteroatoms. The first kappa shape index (κ1) is 9.62. The molecule has 0 aliphatic carbocycles. The summed E-state index contributed by atoms with van der Waals surface area (Å²) in [6.45, 7) is 3.22. The van der Waals surface area contributed by atoms with Crippen LogP contribution in [0, 0.1) is 0 Å². The van der Waals surface area contributed by atoms with Gasteiger partial charge in [0.15, 0.2) is 0 Å². The van der Waals surface area contributed by atoms with E-state index in [4.69, 9.17) is 5.73 Å². The highest BCUT2D eigenvalue weighted by molar-refractivity contribution is 5.09.